The van der Waals surface area contributed by atoms with E-state index in [0.29, 0.717) is 0 Å². The molecule has 0 amide bonds. The summed E-state index contributed by atoms with van der Waals surface area (Å²) in [6, 6.07) is 0. The van der Waals surface area contributed by atoms with Gasteiger partial charge in [-0.05, 0) is 46.1 Å². The van der Waals surface area contributed by atoms with Gasteiger partial charge in [-0.2, -0.15) is 0 Å². The first-order valence-electron chi connectivity index (χ1n) is 6.52. The van der Waals surface area contributed by atoms with Crippen LogP contribution in [0.25, 0.3) is 0 Å². The number of aliphatic carboxylic acids is 1. The van der Waals surface area contributed by atoms with Crippen LogP contribution in [0, 0.1) is 11.3 Å². The number of hydrogen-bond acceptors (Lipinski definition) is 3. The molecule has 4 nitrogen and oxygen atoms in total. The minimum absolute atomic E-state index is 0.246. The molecule has 0 aliphatic carbocycles. The van der Waals surface area contributed by atoms with Crippen LogP contribution in [0.3, 0.4) is 0 Å². The van der Waals surface area contributed by atoms with E-state index >= 15 is 0 Å². The maximum Gasteiger partial charge on any atom is 0.309 e. The van der Waals surface area contributed by atoms with E-state index in [9.17, 15) is 9.90 Å². The number of carboxylic acids is 1. The molecular formula is C13H25NO3. The molecule has 100 valence electrons. The summed E-state index contributed by atoms with van der Waals surface area (Å²) in [6.45, 7) is 10.0. The molecular weight excluding hydrogens is 218 g/mol. The van der Waals surface area contributed by atoms with Crippen molar-refractivity contribution in [3.05, 3.63) is 0 Å². The van der Waals surface area contributed by atoms with E-state index in [4.69, 9.17) is 4.74 Å². The summed E-state index contributed by atoms with van der Waals surface area (Å²) in [5, 5.41) is 9.25. The van der Waals surface area contributed by atoms with Crippen LogP contribution in [0.1, 0.15) is 33.6 Å². The lowest BCUT2D eigenvalue weighted by Gasteiger charge is -2.39. The molecule has 0 saturated carbocycles. The summed E-state index contributed by atoms with van der Waals surface area (Å²) in [5.41, 5.74) is -0.621. The Morgan fingerprint density at radius 3 is 2.82 bits per heavy atom. The van der Waals surface area contributed by atoms with Crippen molar-refractivity contribution in [3.63, 3.8) is 0 Å². The average Bonchev–Trinajstić information content (AvgIpc) is 2.29. The molecule has 0 aromatic carbocycles. The Balaban J connectivity index is 2.46. The molecule has 17 heavy (non-hydrogen) atoms. The van der Waals surface area contributed by atoms with Gasteiger partial charge in [0, 0.05) is 19.7 Å². The topological polar surface area (TPSA) is 49.8 Å². The van der Waals surface area contributed by atoms with Crippen molar-refractivity contribution < 1.29 is 14.6 Å². The first-order valence-corrected chi connectivity index (χ1v) is 6.52. The average molecular weight is 243 g/mol. The van der Waals surface area contributed by atoms with Crippen molar-refractivity contribution in [2.45, 2.75) is 33.6 Å². The van der Waals surface area contributed by atoms with Gasteiger partial charge in [-0.3, -0.25) is 4.79 Å². The lowest BCUT2D eigenvalue weighted by atomic mass is 9.74. The van der Waals surface area contributed by atoms with Gasteiger partial charge in [0.05, 0.1) is 12.0 Å². The molecule has 0 bridgehead atoms. The van der Waals surface area contributed by atoms with E-state index in [1.807, 2.05) is 20.8 Å². The zero-order valence-corrected chi connectivity index (χ0v) is 11.2. The lowest BCUT2D eigenvalue weighted by molar-refractivity contribution is -0.151. The van der Waals surface area contributed by atoms with Crippen molar-refractivity contribution in [1.82, 2.24) is 4.90 Å². The third kappa shape index (κ3) is 3.96. The van der Waals surface area contributed by atoms with Gasteiger partial charge in [-0.15, -0.1) is 0 Å². The molecule has 0 aromatic heterocycles. The molecule has 1 saturated heterocycles. The molecule has 4 heteroatoms. The lowest BCUT2D eigenvalue weighted by Crippen LogP contribution is -2.45. The zero-order valence-electron chi connectivity index (χ0n) is 11.2. The number of ether oxygens (including phenoxy) is 1. The molecule has 1 aliphatic heterocycles. The molecule has 1 unspecified atom stereocenters. The predicted octanol–water partition coefficient (Wildman–Crippen LogP) is 1.85. The van der Waals surface area contributed by atoms with Crippen LogP contribution in [-0.4, -0.2) is 48.8 Å². The Hall–Kier alpha value is -0.610. The number of rotatable bonds is 6. The van der Waals surface area contributed by atoms with Gasteiger partial charge in [0.15, 0.2) is 0 Å². The molecule has 1 heterocycles. The minimum Gasteiger partial charge on any atom is -0.481 e. The molecule has 1 fully saturated rings. The normalized spacial score (nSPS) is 22.6. The number of carboxylic acid groups (broad SMARTS) is 1. The van der Waals surface area contributed by atoms with Crippen molar-refractivity contribution in [3.8, 4) is 0 Å². The summed E-state index contributed by atoms with van der Waals surface area (Å²) in [7, 11) is 0. The maximum atomic E-state index is 11.2. The summed E-state index contributed by atoms with van der Waals surface area (Å²) >= 11 is 0. The summed E-state index contributed by atoms with van der Waals surface area (Å²) in [5.74, 6) is -0.440. The van der Waals surface area contributed by atoms with Crippen LogP contribution >= 0.6 is 0 Å². The standard InChI is InChI=1S/C13H25NO3/c1-4-17-9-8-14-7-5-6-11(10-14)13(2,3)12(15)16/h11H,4-10H2,1-3H3,(H,15,16). The number of nitrogens with zero attached hydrogens (tertiary/aromatic N) is 1. The van der Waals surface area contributed by atoms with E-state index < -0.39 is 11.4 Å². The van der Waals surface area contributed by atoms with Gasteiger partial charge >= 0.3 is 5.97 Å². The highest BCUT2D eigenvalue weighted by Crippen LogP contribution is 2.34. The van der Waals surface area contributed by atoms with Crippen molar-refractivity contribution >= 4 is 5.97 Å². The van der Waals surface area contributed by atoms with Crippen molar-refractivity contribution in [1.29, 1.82) is 0 Å². The van der Waals surface area contributed by atoms with Gasteiger partial charge in [-0.1, -0.05) is 0 Å². The molecule has 1 aliphatic rings. The highest BCUT2D eigenvalue weighted by atomic mass is 16.5. The summed E-state index contributed by atoms with van der Waals surface area (Å²) in [6.07, 6.45) is 2.11. The molecule has 0 spiro atoms. The zero-order chi connectivity index (χ0) is 12.9. The van der Waals surface area contributed by atoms with Gasteiger partial charge < -0.3 is 14.7 Å². The first kappa shape index (κ1) is 14.5. The second-order valence-electron chi connectivity index (χ2n) is 5.36. The molecule has 1 N–H and O–H groups in total. The van der Waals surface area contributed by atoms with E-state index in [2.05, 4.69) is 4.90 Å². The van der Waals surface area contributed by atoms with Gasteiger partial charge in [0.1, 0.15) is 0 Å². The van der Waals surface area contributed by atoms with Crippen LogP contribution in [0.15, 0.2) is 0 Å². The Morgan fingerprint density at radius 1 is 1.53 bits per heavy atom. The van der Waals surface area contributed by atoms with Gasteiger partial charge in [0.25, 0.3) is 0 Å². The Morgan fingerprint density at radius 2 is 2.24 bits per heavy atom. The van der Waals surface area contributed by atoms with Crippen LogP contribution in [0.4, 0.5) is 0 Å². The monoisotopic (exact) mass is 243 g/mol. The molecule has 0 aromatic rings. The molecule has 0 radical (unpaired) electrons. The minimum atomic E-state index is -0.686. The maximum absolute atomic E-state index is 11.2. The summed E-state index contributed by atoms with van der Waals surface area (Å²) in [4.78, 5) is 13.6. The Kier molecular flexibility index (Phi) is 5.40. The largest absolute Gasteiger partial charge is 0.481 e. The Bertz CT molecular complexity index is 253. The number of carbonyl (C=O) groups is 1. The van der Waals surface area contributed by atoms with E-state index in [0.717, 1.165) is 45.7 Å². The van der Waals surface area contributed by atoms with E-state index in [-0.39, 0.29) is 5.92 Å². The highest BCUT2D eigenvalue weighted by Gasteiger charge is 2.38. The predicted molar refractivity (Wildman–Crippen MR) is 67.1 cm³/mol. The molecule has 1 rings (SSSR count). The second kappa shape index (κ2) is 6.36. The number of likely N-dealkylation sites (tertiary alicyclic amines) is 1. The summed E-state index contributed by atoms with van der Waals surface area (Å²) < 4.78 is 5.35. The number of hydrogen-bond donors (Lipinski definition) is 1. The van der Waals surface area contributed by atoms with E-state index in [1.165, 1.54) is 0 Å². The van der Waals surface area contributed by atoms with Gasteiger partial charge in [-0.25, -0.2) is 0 Å². The van der Waals surface area contributed by atoms with Crippen LogP contribution < -0.4 is 0 Å². The second-order valence-corrected chi connectivity index (χ2v) is 5.36. The quantitative estimate of drug-likeness (QED) is 0.723. The van der Waals surface area contributed by atoms with Crippen LogP contribution in [-0.2, 0) is 9.53 Å². The Labute approximate surface area is 104 Å². The third-order valence-electron chi connectivity index (χ3n) is 3.83. The fraction of sp³-hybridized carbons (Fsp3) is 0.923. The molecule has 1 atom stereocenters. The van der Waals surface area contributed by atoms with Crippen LogP contribution in [0.5, 0.6) is 0 Å². The van der Waals surface area contributed by atoms with Crippen molar-refractivity contribution in [2.24, 2.45) is 11.3 Å². The van der Waals surface area contributed by atoms with Crippen molar-refractivity contribution in [2.75, 3.05) is 32.8 Å². The number of piperidine rings is 1. The first-order chi connectivity index (χ1) is 7.98. The SMILES string of the molecule is CCOCCN1CCCC(C(C)(C)C(=O)O)C1. The van der Waals surface area contributed by atoms with Gasteiger partial charge in [0.2, 0.25) is 0 Å². The van der Waals surface area contributed by atoms with Crippen LogP contribution in [0.2, 0.25) is 0 Å². The fourth-order valence-electron chi connectivity index (χ4n) is 2.36. The third-order valence-corrected chi connectivity index (χ3v) is 3.83. The van der Waals surface area contributed by atoms with E-state index in [1.54, 1.807) is 0 Å². The fourth-order valence-corrected chi connectivity index (χ4v) is 2.36. The smallest absolute Gasteiger partial charge is 0.309 e. The highest BCUT2D eigenvalue weighted by molar-refractivity contribution is 5.74.